The Labute approximate surface area is 187 Å². The van der Waals surface area contributed by atoms with Gasteiger partial charge in [0, 0.05) is 17.0 Å². The standard InChI is InChI=1S/C20H18ClFN4O5S/c1-10-12(9-23)4-6-14(22)17(10)11(2)18(19-24-25-20(27)31-19)26-32(28,29)16-7-5-13(21)8-15(16)30-3/h4-8,11,18,26H,1-3H3,(H,25,27)/t11-,18+/m1/s1. The molecular weight excluding hydrogens is 463 g/mol. The topological polar surface area (TPSA) is 138 Å². The number of H-pyrrole nitrogens is 1. The lowest BCUT2D eigenvalue weighted by molar-refractivity contribution is 0.374. The maximum Gasteiger partial charge on any atom is 0.434 e. The lowest BCUT2D eigenvalue weighted by atomic mass is 9.88. The highest BCUT2D eigenvalue weighted by molar-refractivity contribution is 7.89. The van der Waals surface area contributed by atoms with Crippen molar-refractivity contribution >= 4 is 21.6 Å². The van der Waals surface area contributed by atoms with Gasteiger partial charge in [-0.05, 0) is 42.3 Å². The molecule has 1 heterocycles. The predicted octanol–water partition coefficient (Wildman–Crippen LogP) is 3.17. The summed E-state index contributed by atoms with van der Waals surface area (Å²) in [5.74, 6) is -2.82. The van der Waals surface area contributed by atoms with Crippen molar-refractivity contribution in [2.75, 3.05) is 7.11 Å². The van der Waals surface area contributed by atoms with Gasteiger partial charge in [-0.1, -0.05) is 18.5 Å². The Morgan fingerprint density at radius 1 is 1.34 bits per heavy atom. The molecule has 0 saturated carbocycles. The van der Waals surface area contributed by atoms with E-state index in [1.165, 1.54) is 38.3 Å². The molecule has 3 rings (SSSR count). The maximum absolute atomic E-state index is 14.8. The van der Waals surface area contributed by atoms with Crippen LogP contribution in [0.4, 0.5) is 4.39 Å². The molecular formula is C20H18ClFN4O5S. The van der Waals surface area contributed by atoms with Gasteiger partial charge in [-0.2, -0.15) is 9.98 Å². The van der Waals surface area contributed by atoms with E-state index < -0.39 is 33.6 Å². The molecule has 2 aromatic carbocycles. The summed E-state index contributed by atoms with van der Waals surface area (Å²) in [6.07, 6.45) is 0. The van der Waals surface area contributed by atoms with Crippen LogP contribution in [0.15, 0.2) is 44.4 Å². The van der Waals surface area contributed by atoms with E-state index in [4.69, 9.17) is 20.8 Å². The van der Waals surface area contributed by atoms with Crippen LogP contribution in [0.3, 0.4) is 0 Å². The number of rotatable bonds is 7. The number of aromatic nitrogens is 2. The molecule has 0 aliphatic carbocycles. The Bertz CT molecular complexity index is 1360. The van der Waals surface area contributed by atoms with Gasteiger partial charge >= 0.3 is 5.76 Å². The van der Waals surface area contributed by atoms with Crippen molar-refractivity contribution in [3.63, 3.8) is 0 Å². The number of methoxy groups -OCH3 is 1. The summed E-state index contributed by atoms with van der Waals surface area (Å²) in [4.78, 5) is 11.3. The van der Waals surface area contributed by atoms with Crippen molar-refractivity contribution in [1.82, 2.24) is 14.9 Å². The van der Waals surface area contributed by atoms with Gasteiger partial charge in [-0.15, -0.1) is 5.10 Å². The third kappa shape index (κ3) is 4.52. The number of sulfonamides is 1. The highest BCUT2D eigenvalue weighted by Gasteiger charge is 2.34. The second kappa shape index (κ2) is 9.12. The first-order chi connectivity index (χ1) is 15.1. The van der Waals surface area contributed by atoms with E-state index >= 15 is 0 Å². The van der Waals surface area contributed by atoms with Gasteiger partial charge in [-0.3, -0.25) is 0 Å². The fourth-order valence-electron chi connectivity index (χ4n) is 3.38. The molecule has 168 valence electrons. The molecule has 12 heteroatoms. The fraction of sp³-hybridized carbons (Fsp3) is 0.250. The number of benzene rings is 2. The van der Waals surface area contributed by atoms with Gasteiger partial charge in [0.05, 0.1) is 18.7 Å². The summed E-state index contributed by atoms with van der Waals surface area (Å²) >= 11 is 5.92. The van der Waals surface area contributed by atoms with E-state index in [0.717, 1.165) is 6.07 Å². The highest BCUT2D eigenvalue weighted by atomic mass is 35.5. The Balaban J connectivity index is 2.14. The molecule has 1 aromatic heterocycles. The molecule has 0 unspecified atom stereocenters. The van der Waals surface area contributed by atoms with E-state index in [0.29, 0.717) is 5.56 Å². The number of aromatic amines is 1. The van der Waals surface area contributed by atoms with Gasteiger partial charge < -0.3 is 9.15 Å². The van der Waals surface area contributed by atoms with Crippen molar-refractivity contribution in [1.29, 1.82) is 5.26 Å². The number of halogens is 2. The van der Waals surface area contributed by atoms with Gasteiger partial charge in [0.1, 0.15) is 22.5 Å². The summed E-state index contributed by atoms with van der Waals surface area (Å²) < 4.78 is 53.7. The summed E-state index contributed by atoms with van der Waals surface area (Å²) in [5.41, 5.74) is 0.620. The summed E-state index contributed by atoms with van der Waals surface area (Å²) in [7, 11) is -3.01. The van der Waals surface area contributed by atoms with Crippen molar-refractivity contribution in [2.45, 2.75) is 30.7 Å². The Morgan fingerprint density at radius 3 is 2.66 bits per heavy atom. The first-order valence-corrected chi connectivity index (χ1v) is 11.1. The minimum atomic E-state index is -4.29. The smallest absolute Gasteiger partial charge is 0.434 e. The summed E-state index contributed by atoms with van der Waals surface area (Å²) in [5, 5.41) is 15.4. The summed E-state index contributed by atoms with van der Waals surface area (Å²) in [6, 6.07) is 7.04. The predicted molar refractivity (Wildman–Crippen MR) is 112 cm³/mol. The average Bonchev–Trinajstić information content (AvgIpc) is 3.17. The van der Waals surface area contributed by atoms with E-state index in [9.17, 15) is 22.9 Å². The molecule has 0 saturated heterocycles. The van der Waals surface area contributed by atoms with Crippen molar-refractivity contribution in [3.8, 4) is 11.8 Å². The van der Waals surface area contributed by atoms with Crippen molar-refractivity contribution in [3.05, 3.63) is 74.3 Å². The number of nitriles is 1. The fourth-order valence-corrected chi connectivity index (χ4v) is 4.96. The quantitative estimate of drug-likeness (QED) is 0.529. The Hall–Kier alpha value is -3.20. The zero-order valence-corrected chi connectivity index (χ0v) is 18.7. The van der Waals surface area contributed by atoms with Gasteiger partial charge in [0.2, 0.25) is 15.9 Å². The van der Waals surface area contributed by atoms with Crippen LogP contribution in [-0.4, -0.2) is 25.7 Å². The van der Waals surface area contributed by atoms with E-state index in [1.54, 1.807) is 6.92 Å². The average molecular weight is 481 g/mol. The van der Waals surface area contributed by atoms with Crippen LogP contribution in [0, 0.1) is 24.1 Å². The van der Waals surface area contributed by atoms with Crippen LogP contribution >= 0.6 is 11.6 Å². The van der Waals surface area contributed by atoms with Gasteiger partial charge in [-0.25, -0.2) is 22.7 Å². The van der Waals surface area contributed by atoms with E-state index in [-0.39, 0.29) is 32.7 Å². The number of ether oxygens (including phenoxy) is 1. The third-order valence-electron chi connectivity index (χ3n) is 4.96. The van der Waals surface area contributed by atoms with Crippen LogP contribution in [0.1, 0.15) is 41.5 Å². The molecule has 0 bridgehead atoms. The van der Waals surface area contributed by atoms with Gasteiger partial charge in [0.15, 0.2) is 0 Å². The maximum atomic E-state index is 14.8. The number of hydrogen-bond donors (Lipinski definition) is 2. The van der Waals surface area contributed by atoms with Crippen LogP contribution in [0.2, 0.25) is 5.02 Å². The monoisotopic (exact) mass is 480 g/mol. The molecule has 0 spiro atoms. The van der Waals surface area contributed by atoms with Crippen LogP contribution in [0.25, 0.3) is 0 Å². The molecule has 0 aliphatic rings. The number of nitrogens with zero attached hydrogens (tertiary/aromatic N) is 2. The molecule has 0 radical (unpaired) electrons. The molecule has 2 atom stereocenters. The molecule has 0 fully saturated rings. The molecule has 3 aromatic rings. The minimum Gasteiger partial charge on any atom is -0.495 e. The van der Waals surface area contributed by atoms with Gasteiger partial charge in [0.25, 0.3) is 0 Å². The molecule has 32 heavy (non-hydrogen) atoms. The SMILES string of the molecule is COc1cc(Cl)ccc1S(=O)(=O)N[C@H](c1n[nH]c(=O)o1)[C@H](C)c1c(F)ccc(C#N)c1C. The van der Waals surface area contributed by atoms with Crippen LogP contribution in [-0.2, 0) is 10.0 Å². The lowest BCUT2D eigenvalue weighted by Gasteiger charge is -2.25. The normalized spacial score (nSPS) is 13.4. The zero-order chi connectivity index (χ0) is 23.6. The lowest BCUT2D eigenvalue weighted by Crippen LogP contribution is -2.33. The first kappa shape index (κ1) is 23.5. The van der Waals surface area contributed by atoms with Crippen molar-refractivity contribution in [2.24, 2.45) is 0 Å². The second-order valence-corrected chi connectivity index (χ2v) is 9.00. The van der Waals surface area contributed by atoms with E-state index in [1.807, 2.05) is 6.07 Å². The van der Waals surface area contributed by atoms with Crippen LogP contribution in [0.5, 0.6) is 5.75 Å². The zero-order valence-electron chi connectivity index (χ0n) is 17.1. The molecule has 0 aliphatic heterocycles. The summed E-state index contributed by atoms with van der Waals surface area (Å²) in [6.45, 7) is 3.06. The largest absolute Gasteiger partial charge is 0.495 e. The second-order valence-electron chi connectivity index (χ2n) is 6.88. The molecule has 0 amide bonds. The number of nitrogens with one attached hydrogen (secondary N) is 2. The third-order valence-corrected chi connectivity index (χ3v) is 6.67. The van der Waals surface area contributed by atoms with E-state index in [2.05, 4.69) is 14.9 Å². The molecule has 2 N–H and O–H groups in total. The first-order valence-electron chi connectivity index (χ1n) is 9.19. The van der Waals surface area contributed by atoms with Crippen molar-refractivity contribution < 1.29 is 22.0 Å². The number of hydrogen-bond acceptors (Lipinski definition) is 7. The Kier molecular flexibility index (Phi) is 6.68. The molecule has 9 nitrogen and oxygen atoms in total. The minimum absolute atomic E-state index is 0.0197. The highest BCUT2D eigenvalue weighted by Crippen LogP contribution is 2.36. The van der Waals surface area contributed by atoms with Crippen LogP contribution < -0.4 is 15.2 Å². The Morgan fingerprint density at radius 2 is 2.06 bits per heavy atom.